The molecule has 0 radical (unpaired) electrons. The lowest BCUT2D eigenvalue weighted by Crippen LogP contribution is -2.48. The fraction of sp³-hybridized carbons (Fsp3) is 0.263. The second-order valence-electron chi connectivity index (χ2n) is 6.24. The molecule has 1 saturated heterocycles. The molecule has 4 rings (SSSR count). The third kappa shape index (κ3) is 2.24. The summed E-state index contributed by atoms with van der Waals surface area (Å²) in [6, 6.07) is 10.5. The van der Waals surface area contributed by atoms with Gasteiger partial charge in [0.25, 0.3) is 0 Å². The normalized spacial score (nSPS) is 19.7. The monoisotopic (exact) mass is 319 g/mol. The van der Waals surface area contributed by atoms with Crippen LogP contribution < -0.4 is 0 Å². The minimum atomic E-state index is 0.310. The SMILES string of the molecule is C=CC1CC(=C)N1C(=C)N1CCn2c(nnc2-c2ccccc2)C1. The van der Waals surface area contributed by atoms with Gasteiger partial charge >= 0.3 is 0 Å². The van der Waals surface area contributed by atoms with Crippen LogP contribution in [0.4, 0.5) is 0 Å². The van der Waals surface area contributed by atoms with E-state index in [2.05, 4.69) is 56.4 Å². The van der Waals surface area contributed by atoms with E-state index >= 15 is 0 Å². The lowest BCUT2D eigenvalue weighted by molar-refractivity contribution is 0.144. The zero-order valence-electron chi connectivity index (χ0n) is 13.7. The smallest absolute Gasteiger partial charge is 0.164 e. The lowest BCUT2D eigenvalue weighted by Gasteiger charge is -2.48. The number of hydrogen-bond acceptors (Lipinski definition) is 4. The van der Waals surface area contributed by atoms with Crippen LogP contribution in [0.25, 0.3) is 11.4 Å². The number of hydrogen-bond donors (Lipinski definition) is 0. The van der Waals surface area contributed by atoms with Crippen LogP contribution in [0.3, 0.4) is 0 Å². The van der Waals surface area contributed by atoms with E-state index in [-0.39, 0.29) is 0 Å². The minimum absolute atomic E-state index is 0.310. The van der Waals surface area contributed by atoms with Crippen molar-refractivity contribution in [2.75, 3.05) is 6.54 Å². The maximum Gasteiger partial charge on any atom is 0.164 e. The van der Waals surface area contributed by atoms with Crippen molar-refractivity contribution in [3.05, 3.63) is 73.5 Å². The van der Waals surface area contributed by atoms with Crippen LogP contribution in [0.5, 0.6) is 0 Å². The lowest BCUT2D eigenvalue weighted by atomic mass is 9.99. The Bertz CT molecular complexity index is 804. The molecule has 0 bridgehead atoms. The van der Waals surface area contributed by atoms with Gasteiger partial charge in [0.15, 0.2) is 11.6 Å². The molecule has 2 aromatic rings. The summed E-state index contributed by atoms with van der Waals surface area (Å²) in [5.41, 5.74) is 2.20. The molecular formula is C19H21N5. The Morgan fingerprint density at radius 3 is 2.67 bits per heavy atom. The summed E-state index contributed by atoms with van der Waals surface area (Å²) >= 11 is 0. The zero-order chi connectivity index (χ0) is 16.7. The average molecular weight is 319 g/mol. The predicted octanol–water partition coefficient (Wildman–Crippen LogP) is 3.01. The molecule has 0 aliphatic carbocycles. The van der Waals surface area contributed by atoms with Crippen molar-refractivity contribution < 1.29 is 0 Å². The van der Waals surface area contributed by atoms with Crippen molar-refractivity contribution in [2.45, 2.75) is 25.6 Å². The van der Waals surface area contributed by atoms with E-state index in [1.807, 2.05) is 24.3 Å². The van der Waals surface area contributed by atoms with E-state index in [0.717, 1.165) is 48.2 Å². The maximum absolute atomic E-state index is 4.40. The van der Waals surface area contributed by atoms with Crippen LogP contribution in [-0.2, 0) is 13.1 Å². The van der Waals surface area contributed by atoms with E-state index in [1.54, 1.807) is 0 Å². The summed E-state index contributed by atoms with van der Waals surface area (Å²) in [5.74, 6) is 2.89. The number of fused-ring (bicyclic) bond motifs is 1. The fourth-order valence-electron chi connectivity index (χ4n) is 3.45. The topological polar surface area (TPSA) is 37.2 Å². The largest absolute Gasteiger partial charge is 0.349 e. The van der Waals surface area contributed by atoms with E-state index in [0.29, 0.717) is 12.6 Å². The molecule has 5 heteroatoms. The minimum Gasteiger partial charge on any atom is -0.349 e. The molecule has 0 saturated carbocycles. The predicted molar refractivity (Wildman–Crippen MR) is 94.6 cm³/mol. The fourth-order valence-corrected chi connectivity index (χ4v) is 3.45. The molecule has 0 amide bonds. The molecule has 1 fully saturated rings. The first-order chi connectivity index (χ1) is 11.7. The second kappa shape index (κ2) is 5.67. The molecule has 1 atom stereocenters. The standard InChI is InChI=1S/C19H21N5/c1-4-17-12-14(2)24(17)15(3)22-10-11-23-18(13-22)20-21-19(23)16-8-6-5-7-9-16/h4-9,17H,1-3,10-13H2. The first kappa shape index (κ1) is 14.8. The molecule has 2 aliphatic heterocycles. The molecule has 1 unspecified atom stereocenters. The summed E-state index contributed by atoms with van der Waals surface area (Å²) in [4.78, 5) is 4.41. The molecule has 2 aliphatic rings. The van der Waals surface area contributed by atoms with Gasteiger partial charge in [-0.05, 0) is 0 Å². The third-order valence-corrected chi connectivity index (χ3v) is 4.82. The van der Waals surface area contributed by atoms with E-state index < -0.39 is 0 Å². The molecule has 0 N–H and O–H groups in total. The maximum atomic E-state index is 4.40. The molecule has 1 aromatic carbocycles. The molecule has 122 valence electrons. The van der Waals surface area contributed by atoms with E-state index in [4.69, 9.17) is 0 Å². The third-order valence-electron chi connectivity index (χ3n) is 4.82. The Labute approximate surface area is 142 Å². The number of nitrogens with zero attached hydrogens (tertiary/aromatic N) is 5. The Hall–Kier alpha value is -2.82. The average Bonchev–Trinajstić information content (AvgIpc) is 3.03. The van der Waals surface area contributed by atoms with Crippen molar-refractivity contribution in [1.82, 2.24) is 24.6 Å². The van der Waals surface area contributed by atoms with Crippen LogP contribution in [0.2, 0.25) is 0 Å². The number of likely N-dealkylation sites (tertiary alicyclic amines) is 1. The van der Waals surface area contributed by atoms with Gasteiger partial charge in [-0.1, -0.05) is 49.6 Å². The Morgan fingerprint density at radius 1 is 1.17 bits per heavy atom. The van der Waals surface area contributed by atoms with Gasteiger partial charge in [0.05, 0.1) is 12.6 Å². The number of rotatable bonds is 4. The van der Waals surface area contributed by atoms with Crippen LogP contribution in [0, 0.1) is 0 Å². The Morgan fingerprint density at radius 2 is 1.96 bits per heavy atom. The van der Waals surface area contributed by atoms with Gasteiger partial charge in [0, 0.05) is 30.8 Å². The van der Waals surface area contributed by atoms with Gasteiger partial charge in [-0.25, -0.2) is 0 Å². The van der Waals surface area contributed by atoms with Crippen molar-refractivity contribution in [1.29, 1.82) is 0 Å². The van der Waals surface area contributed by atoms with Crippen molar-refractivity contribution in [3.8, 4) is 11.4 Å². The second-order valence-corrected chi connectivity index (χ2v) is 6.24. The molecule has 0 spiro atoms. The summed E-state index contributed by atoms with van der Waals surface area (Å²) in [7, 11) is 0. The van der Waals surface area contributed by atoms with Crippen molar-refractivity contribution in [2.24, 2.45) is 0 Å². The van der Waals surface area contributed by atoms with Crippen molar-refractivity contribution in [3.63, 3.8) is 0 Å². The van der Waals surface area contributed by atoms with E-state index in [1.165, 1.54) is 0 Å². The molecule has 1 aromatic heterocycles. The Balaban J connectivity index is 1.55. The van der Waals surface area contributed by atoms with Gasteiger partial charge in [0.1, 0.15) is 5.82 Å². The van der Waals surface area contributed by atoms with Crippen LogP contribution >= 0.6 is 0 Å². The quantitative estimate of drug-likeness (QED) is 0.812. The van der Waals surface area contributed by atoms with E-state index in [9.17, 15) is 0 Å². The van der Waals surface area contributed by atoms with Crippen molar-refractivity contribution >= 4 is 0 Å². The first-order valence-corrected chi connectivity index (χ1v) is 8.20. The Kier molecular flexibility index (Phi) is 3.49. The van der Waals surface area contributed by atoms with Crippen LogP contribution in [0.15, 0.2) is 67.7 Å². The highest BCUT2D eigenvalue weighted by Crippen LogP contribution is 2.35. The molecule has 3 heterocycles. The first-order valence-electron chi connectivity index (χ1n) is 8.20. The van der Waals surface area contributed by atoms with Gasteiger partial charge in [-0.3, -0.25) is 0 Å². The molecule has 24 heavy (non-hydrogen) atoms. The highest BCUT2D eigenvalue weighted by Gasteiger charge is 2.34. The molecule has 5 nitrogen and oxygen atoms in total. The summed E-state index contributed by atoms with van der Waals surface area (Å²) in [6.07, 6.45) is 2.92. The zero-order valence-corrected chi connectivity index (χ0v) is 13.7. The summed E-state index contributed by atoms with van der Waals surface area (Å²) in [6.45, 7) is 14.7. The number of aromatic nitrogens is 3. The van der Waals surface area contributed by atoms with Crippen LogP contribution in [0.1, 0.15) is 12.2 Å². The van der Waals surface area contributed by atoms with Gasteiger partial charge in [-0.2, -0.15) is 0 Å². The molecular weight excluding hydrogens is 298 g/mol. The summed E-state index contributed by atoms with van der Waals surface area (Å²) < 4.78 is 2.20. The highest BCUT2D eigenvalue weighted by atomic mass is 15.4. The highest BCUT2D eigenvalue weighted by molar-refractivity contribution is 5.55. The number of benzene rings is 1. The summed E-state index contributed by atoms with van der Waals surface area (Å²) in [5, 5.41) is 8.79. The van der Waals surface area contributed by atoms with Gasteiger partial charge in [0.2, 0.25) is 0 Å². The van der Waals surface area contributed by atoms with Crippen LogP contribution in [-0.4, -0.2) is 37.2 Å². The van der Waals surface area contributed by atoms with Gasteiger partial charge in [-0.15, -0.1) is 16.8 Å². The van der Waals surface area contributed by atoms with Gasteiger partial charge < -0.3 is 14.4 Å².